The fourth-order valence-corrected chi connectivity index (χ4v) is 3.78. The Balaban J connectivity index is 1.59. The highest BCUT2D eigenvalue weighted by Gasteiger charge is 2.48. The summed E-state index contributed by atoms with van der Waals surface area (Å²) in [6, 6.07) is 12.9. The Labute approximate surface area is 175 Å². The van der Waals surface area contributed by atoms with Crippen molar-refractivity contribution in [1.82, 2.24) is 4.90 Å². The van der Waals surface area contributed by atoms with E-state index in [9.17, 15) is 14.4 Å². The molecule has 0 spiro atoms. The Kier molecular flexibility index (Phi) is 5.44. The lowest BCUT2D eigenvalue weighted by Crippen LogP contribution is -2.46. The number of imide groups is 1. The van der Waals surface area contributed by atoms with Gasteiger partial charge < -0.3 is 14.4 Å². The summed E-state index contributed by atoms with van der Waals surface area (Å²) < 4.78 is 10.6. The van der Waals surface area contributed by atoms with Gasteiger partial charge >= 0.3 is 0 Å². The molecule has 2 aliphatic rings. The third kappa shape index (κ3) is 3.75. The third-order valence-corrected chi connectivity index (χ3v) is 5.36. The Morgan fingerprint density at radius 1 is 1.10 bits per heavy atom. The first-order valence-electron chi connectivity index (χ1n) is 10.1. The molecule has 1 heterocycles. The Morgan fingerprint density at radius 2 is 1.83 bits per heavy atom. The second-order valence-electron chi connectivity index (χ2n) is 7.39. The number of amides is 3. The Hall–Kier alpha value is -3.35. The van der Waals surface area contributed by atoms with Crippen molar-refractivity contribution in [3.05, 3.63) is 54.1 Å². The lowest BCUT2D eigenvalue weighted by atomic mass is 10.1. The molecule has 7 heteroatoms. The zero-order valence-electron chi connectivity index (χ0n) is 17.0. The lowest BCUT2D eigenvalue weighted by Gasteiger charge is -2.28. The van der Waals surface area contributed by atoms with Crippen LogP contribution in [-0.4, -0.2) is 48.4 Å². The Bertz CT molecular complexity index is 968. The molecule has 7 nitrogen and oxygen atoms in total. The van der Waals surface area contributed by atoms with Crippen molar-refractivity contribution in [3.63, 3.8) is 0 Å². The summed E-state index contributed by atoms with van der Waals surface area (Å²) in [5.41, 5.74) is 0.932. The van der Waals surface area contributed by atoms with Crippen LogP contribution in [0.15, 0.2) is 48.5 Å². The molecule has 30 heavy (non-hydrogen) atoms. The molecule has 1 aliphatic heterocycles. The summed E-state index contributed by atoms with van der Waals surface area (Å²) in [6.07, 6.45) is 1.64. The summed E-state index contributed by atoms with van der Waals surface area (Å²) in [5.74, 6) is 0.313. The molecule has 2 aromatic rings. The number of carbonyl (C=O) groups is 3. The first-order chi connectivity index (χ1) is 14.5. The van der Waals surface area contributed by atoms with Gasteiger partial charge in [-0.3, -0.25) is 14.4 Å². The maximum Gasteiger partial charge on any atom is 0.257 e. The average Bonchev–Trinajstić information content (AvgIpc) is 3.55. The zero-order chi connectivity index (χ0) is 21.3. The van der Waals surface area contributed by atoms with Crippen molar-refractivity contribution in [2.24, 2.45) is 0 Å². The number of hydrogen-bond acceptors (Lipinski definition) is 5. The number of carbonyl (C=O) groups excluding carboxylic acids is 3. The van der Waals surface area contributed by atoms with Crippen LogP contribution in [0.3, 0.4) is 0 Å². The molecule has 1 saturated carbocycles. The highest BCUT2D eigenvalue weighted by molar-refractivity contribution is 6.23. The van der Waals surface area contributed by atoms with Crippen molar-refractivity contribution in [3.8, 4) is 11.5 Å². The zero-order valence-corrected chi connectivity index (χ0v) is 17.0. The number of nitrogens with zero attached hydrogens (tertiary/aromatic N) is 2. The first kappa shape index (κ1) is 19.9. The van der Waals surface area contributed by atoms with Gasteiger partial charge in [0.2, 0.25) is 5.91 Å². The number of anilines is 1. The molecule has 1 atom stereocenters. The van der Waals surface area contributed by atoms with Gasteiger partial charge in [-0.2, -0.15) is 0 Å². The van der Waals surface area contributed by atoms with E-state index < -0.39 is 6.04 Å². The molecule has 3 amide bonds. The molecule has 0 N–H and O–H groups in total. The van der Waals surface area contributed by atoms with Crippen LogP contribution < -0.4 is 14.4 Å². The minimum atomic E-state index is -0.796. The normalized spacial score (nSPS) is 18.5. The van der Waals surface area contributed by atoms with Gasteiger partial charge in [-0.15, -0.1) is 0 Å². The van der Waals surface area contributed by atoms with E-state index in [4.69, 9.17) is 9.47 Å². The van der Waals surface area contributed by atoms with Crippen LogP contribution >= 0.6 is 0 Å². The number of hydrogen-bond donors (Lipinski definition) is 0. The van der Waals surface area contributed by atoms with Crippen LogP contribution in [0.2, 0.25) is 0 Å². The summed E-state index contributed by atoms with van der Waals surface area (Å²) in [5, 5.41) is 0. The molecule has 0 radical (unpaired) electrons. The third-order valence-electron chi connectivity index (χ3n) is 5.36. The van der Waals surface area contributed by atoms with E-state index in [2.05, 4.69) is 0 Å². The van der Waals surface area contributed by atoms with Gasteiger partial charge in [0.05, 0.1) is 25.8 Å². The van der Waals surface area contributed by atoms with Crippen LogP contribution in [0, 0.1) is 0 Å². The van der Waals surface area contributed by atoms with Crippen molar-refractivity contribution >= 4 is 23.4 Å². The van der Waals surface area contributed by atoms with Crippen LogP contribution in [-0.2, 0) is 9.59 Å². The van der Waals surface area contributed by atoms with E-state index in [0.29, 0.717) is 29.4 Å². The van der Waals surface area contributed by atoms with E-state index >= 15 is 0 Å². The van der Waals surface area contributed by atoms with Gasteiger partial charge in [-0.05, 0) is 62.2 Å². The van der Waals surface area contributed by atoms with Gasteiger partial charge in [0.15, 0.2) is 0 Å². The van der Waals surface area contributed by atoms with E-state index in [1.807, 2.05) is 6.92 Å². The molecule has 1 aliphatic carbocycles. The predicted molar refractivity (Wildman–Crippen MR) is 111 cm³/mol. The number of ether oxygens (including phenoxy) is 2. The van der Waals surface area contributed by atoms with Crippen LogP contribution in [0.4, 0.5) is 5.69 Å². The topological polar surface area (TPSA) is 76.2 Å². The maximum atomic E-state index is 13.3. The fourth-order valence-electron chi connectivity index (χ4n) is 3.78. The highest BCUT2D eigenvalue weighted by Crippen LogP contribution is 2.35. The first-order valence-corrected chi connectivity index (χ1v) is 10.1. The standard InChI is InChI=1S/C23H24N2O5/c1-3-30-18-11-9-17(10-12-18)25-21(26)14-20(23(25)28)24(16-7-8-16)22(27)15-5-4-6-19(13-15)29-2/h4-6,9-13,16,20H,3,7-8,14H2,1-2H3. The SMILES string of the molecule is CCOc1ccc(N2C(=O)CC(N(C(=O)c3cccc(OC)c3)C3CC3)C2=O)cc1. The van der Waals surface area contributed by atoms with Gasteiger partial charge in [0.1, 0.15) is 17.5 Å². The molecule has 0 aromatic heterocycles. The predicted octanol–water partition coefficient (Wildman–Crippen LogP) is 3.03. The van der Waals surface area contributed by atoms with E-state index in [1.165, 1.54) is 12.0 Å². The second-order valence-corrected chi connectivity index (χ2v) is 7.39. The molecule has 0 bridgehead atoms. The van der Waals surface area contributed by atoms with E-state index in [0.717, 1.165) is 12.8 Å². The minimum absolute atomic E-state index is 0.0156. The average molecular weight is 408 g/mol. The second kappa shape index (κ2) is 8.18. The van der Waals surface area contributed by atoms with Gasteiger partial charge in [-0.25, -0.2) is 4.90 Å². The van der Waals surface area contributed by atoms with Crippen molar-refractivity contribution in [2.45, 2.75) is 38.3 Å². The number of benzene rings is 2. The summed E-state index contributed by atoms with van der Waals surface area (Å²) in [6.45, 7) is 2.42. The quantitative estimate of drug-likeness (QED) is 0.659. The smallest absolute Gasteiger partial charge is 0.257 e. The number of methoxy groups -OCH3 is 1. The minimum Gasteiger partial charge on any atom is -0.497 e. The molecule has 4 rings (SSSR count). The summed E-state index contributed by atoms with van der Waals surface area (Å²) in [4.78, 5) is 42.0. The van der Waals surface area contributed by atoms with Crippen LogP contribution in [0.25, 0.3) is 0 Å². The van der Waals surface area contributed by atoms with Crippen LogP contribution in [0.1, 0.15) is 36.5 Å². The van der Waals surface area contributed by atoms with E-state index in [1.54, 1.807) is 53.4 Å². The van der Waals surface area contributed by atoms with Crippen molar-refractivity contribution in [1.29, 1.82) is 0 Å². The lowest BCUT2D eigenvalue weighted by molar-refractivity contribution is -0.122. The molecule has 2 fully saturated rings. The van der Waals surface area contributed by atoms with E-state index in [-0.39, 0.29) is 30.2 Å². The molecule has 156 valence electrons. The van der Waals surface area contributed by atoms with Crippen molar-refractivity contribution in [2.75, 3.05) is 18.6 Å². The monoisotopic (exact) mass is 408 g/mol. The molecular formula is C23H24N2O5. The Morgan fingerprint density at radius 3 is 2.47 bits per heavy atom. The maximum absolute atomic E-state index is 13.3. The summed E-state index contributed by atoms with van der Waals surface area (Å²) >= 11 is 0. The largest absolute Gasteiger partial charge is 0.497 e. The van der Waals surface area contributed by atoms with Gasteiger partial charge in [0.25, 0.3) is 11.8 Å². The molecule has 1 unspecified atom stereocenters. The fraction of sp³-hybridized carbons (Fsp3) is 0.348. The molecule has 1 saturated heterocycles. The molecular weight excluding hydrogens is 384 g/mol. The number of rotatable bonds is 7. The van der Waals surface area contributed by atoms with Gasteiger partial charge in [0, 0.05) is 11.6 Å². The summed E-state index contributed by atoms with van der Waals surface area (Å²) in [7, 11) is 1.54. The van der Waals surface area contributed by atoms with Crippen LogP contribution in [0.5, 0.6) is 11.5 Å². The molecule has 2 aromatic carbocycles. The highest BCUT2D eigenvalue weighted by atomic mass is 16.5. The van der Waals surface area contributed by atoms with Crippen molar-refractivity contribution < 1.29 is 23.9 Å². The van der Waals surface area contributed by atoms with Gasteiger partial charge in [-0.1, -0.05) is 6.07 Å².